The number of aryl methyl sites for hydroxylation is 1. The van der Waals surface area contributed by atoms with Crippen molar-refractivity contribution in [3.63, 3.8) is 0 Å². The molecule has 188 valence electrons. The molecule has 1 saturated carbocycles. The van der Waals surface area contributed by atoms with Gasteiger partial charge in [-0.1, -0.05) is 6.07 Å². The van der Waals surface area contributed by atoms with Crippen molar-refractivity contribution in [3.8, 4) is 11.3 Å². The van der Waals surface area contributed by atoms with Gasteiger partial charge in [0.1, 0.15) is 6.04 Å². The van der Waals surface area contributed by atoms with Crippen molar-refractivity contribution in [2.24, 2.45) is 5.92 Å². The number of nitrogens with zero attached hydrogens (tertiary/aromatic N) is 4. The molecule has 1 aliphatic carbocycles. The predicted molar refractivity (Wildman–Crippen MR) is 134 cm³/mol. The molecule has 10 heteroatoms. The number of amides is 4. The van der Waals surface area contributed by atoms with Gasteiger partial charge in [-0.2, -0.15) is 5.10 Å². The third-order valence-electron chi connectivity index (χ3n) is 7.41. The monoisotopic (exact) mass is 498 g/mol. The summed E-state index contributed by atoms with van der Waals surface area (Å²) in [6, 6.07) is 10.4. The minimum atomic E-state index is -0.960. The van der Waals surface area contributed by atoms with Crippen molar-refractivity contribution in [1.29, 1.82) is 0 Å². The summed E-state index contributed by atoms with van der Waals surface area (Å²) in [5.41, 5.74) is 4.21. The fraction of sp³-hybridized carbons (Fsp3) is 0.333. The Morgan fingerprint density at radius 1 is 1.05 bits per heavy atom. The number of imide groups is 2. The third-order valence-corrected chi connectivity index (χ3v) is 7.41. The first-order chi connectivity index (χ1) is 17.9. The highest BCUT2D eigenvalue weighted by Crippen LogP contribution is 2.38. The first-order valence-corrected chi connectivity index (χ1v) is 12.4. The van der Waals surface area contributed by atoms with Crippen molar-refractivity contribution in [1.82, 2.24) is 25.0 Å². The highest BCUT2D eigenvalue weighted by atomic mass is 16.2. The summed E-state index contributed by atoms with van der Waals surface area (Å²) in [4.78, 5) is 55.1. The lowest BCUT2D eigenvalue weighted by Gasteiger charge is -2.35. The molecule has 6 rings (SSSR count). The Balaban J connectivity index is 1.06. The molecule has 37 heavy (non-hydrogen) atoms. The van der Waals surface area contributed by atoms with E-state index in [4.69, 9.17) is 0 Å². The molecule has 2 aromatic heterocycles. The highest BCUT2D eigenvalue weighted by molar-refractivity contribution is 6.23. The minimum absolute atomic E-state index is 0.0989. The summed E-state index contributed by atoms with van der Waals surface area (Å²) < 4.78 is 2.01. The number of hydrogen-bond acceptors (Lipinski definition) is 7. The van der Waals surface area contributed by atoms with Crippen LogP contribution in [0, 0.1) is 12.8 Å². The second-order valence-corrected chi connectivity index (χ2v) is 9.95. The topological polar surface area (TPSA) is 126 Å². The maximum atomic E-state index is 13.0. The maximum Gasteiger partial charge on any atom is 0.262 e. The smallest absolute Gasteiger partial charge is 0.262 e. The Morgan fingerprint density at radius 2 is 1.86 bits per heavy atom. The normalized spacial score (nSPS) is 23.1. The Morgan fingerprint density at radius 3 is 2.65 bits per heavy atom. The van der Waals surface area contributed by atoms with Crippen LogP contribution in [0.2, 0.25) is 0 Å². The van der Waals surface area contributed by atoms with Gasteiger partial charge in [0.2, 0.25) is 11.8 Å². The van der Waals surface area contributed by atoms with Crippen LogP contribution in [-0.2, 0) is 9.59 Å². The van der Waals surface area contributed by atoms with Gasteiger partial charge in [0, 0.05) is 36.1 Å². The van der Waals surface area contributed by atoms with Crippen LogP contribution in [0.1, 0.15) is 58.1 Å². The van der Waals surface area contributed by atoms with Crippen LogP contribution >= 0.6 is 0 Å². The summed E-state index contributed by atoms with van der Waals surface area (Å²) in [5.74, 6) is -1.54. The number of nitrogens with one attached hydrogen (secondary N) is 2. The molecule has 2 aliphatic heterocycles. The van der Waals surface area contributed by atoms with E-state index >= 15 is 0 Å². The zero-order valence-electron chi connectivity index (χ0n) is 20.3. The van der Waals surface area contributed by atoms with E-state index in [1.165, 1.54) is 0 Å². The van der Waals surface area contributed by atoms with E-state index in [2.05, 4.69) is 20.7 Å². The largest absolute Gasteiger partial charge is 0.385 e. The molecule has 2 N–H and O–H groups in total. The standard InChI is InChI=1S/C27H26N6O4/c1-15-3-2-4-22(30-15)17-13-29-32(14-17)19-9-16(10-19)12-28-18-5-6-20-21(11-18)27(37)33(26(20)36)23-7-8-24(34)31-25(23)35/h2-6,11,13-14,16,19,23,28H,7-10,12H2,1H3,(H,31,34,35). The van der Waals surface area contributed by atoms with E-state index in [0.29, 0.717) is 12.0 Å². The van der Waals surface area contributed by atoms with Gasteiger partial charge in [0.05, 0.1) is 29.1 Å². The lowest BCUT2D eigenvalue weighted by molar-refractivity contribution is -0.136. The second kappa shape index (κ2) is 8.95. The maximum absolute atomic E-state index is 13.0. The Labute approximate surface area is 213 Å². The van der Waals surface area contributed by atoms with Crippen LogP contribution in [0.4, 0.5) is 5.69 Å². The van der Waals surface area contributed by atoms with Crippen LogP contribution in [0.5, 0.6) is 0 Å². The number of rotatable bonds is 6. The van der Waals surface area contributed by atoms with Crippen LogP contribution in [0.15, 0.2) is 48.8 Å². The fourth-order valence-electron chi connectivity index (χ4n) is 5.30. The van der Waals surface area contributed by atoms with Crippen molar-refractivity contribution in [2.75, 3.05) is 11.9 Å². The molecule has 4 amide bonds. The summed E-state index contributed by atoms with van der Waals surface area (Å²) >= 11 is 0. The molecular weight excluding hydrogens is 472 g/mol. The summed E-state index contributed by atoms with van der Waals surface area (Å²) in [6.07, 6.45) is 6.12. The van der Waals surface area contributed by atoms with Crippen LogP contribution in [0.3, 0.4) is 0 Å². The number of carbonyl (C=O) groups is 4. The van der Waals surface area contributed by atoms with Crippen molar-refractivity contribution in [3.05, 3.63) is 65.6 Å². The molecule has 10 nitrogen and oxygen atoms in total. The zero-order chi connectivity index (χ0) is 25.7. The average Bonchev–Trinajstić information content (AvgIpc) is 3.42. The second-order valence-electron chi connectivity index (χ2n) is 9.95. The minimum Gasteiger partial charge on any atom is -0.385 e. The van der Waals surface area contributed by atoms with Crippen molar-refractivity contribution in [2.45, 2.75) is 44.7 Å². The quantitative estimate of drug-likeness (QED) is 0.501. The first-order valence-electron chi connectivity index (χ1n) is 12.4. The number of anilines is 1. The lowest BCUT2D eigenvalue weighted by atomic mass is 9.80. The molecule has 3 aliphatic rings. The average molecular weight is 499 g/mol. The fourth-order valence-corrected chi connectivity index (χ4v) is 5.30. The summed E-state index contributed by atoms with van der Waals surface area (Å²) in [5, 5.41) is 10.1. The van der Waals surface area contributed by atoms with Gasteiger partial charge in [0.15, 0.2) is 0 Å². The number of fused-ring (bicyclic) bond motifs is 1. The van der Waals surface area contributed by atoms with Crippen molar-refractivity contribution < 1.29 is 19.2 Å². The first kappa shape index (κ1) is 23.1. The third kappa shape index (κ3) is 4.18. The molecule has 0 bridgehead atoms. The van der Waals surface area contributed by atoms with E-state index in [9.17, 15) is 19.2 Å². The molecular formula is C27H26N6O4. The Kier molecular flexibility index (Phi) is 5.58. The molecule has 2 fully saturated rings. The van der Waals surface area contributed by atoms with E-state index in [1.807, 2.05) is 42.2 Å². The number of pyridine rings is 1. The number of carbonyl (C=O) groups excluding carboxylic acids is 4. The number of aromatic nitrogens is 3. The van der Waals surface area contributed by atoms with Gasteiger partial charge in [-0.3, -0.25) is 39.1 Å². The molecule has 1 atom stereocenters. The van der Waals surface area contributed by atoms with Gasteiger partial charge in [0.25, 0.3) is 11.8 Å². The lowest BCUT2D eigenvalue weighted by Crippen LogP contribution is -2.54. The van der Waals surface area contributed by atoms with Crippen LogP contribution in [0.25, 0.3) is 11.3 Å². The van der Waals surface area contributed by atoms with Gasteiger partial charge in [-0.25, -0.2) is 0 Å². The van der Waals surface area contributed by atoms with Crippen LogP contribution in [-0.4, -0.2) is 55.9 Å². The summed E-state index contributed by atoms with van der Waals surface area (Å²) in [7, 11) is 0. The molecule has 1 unspecified atom stereocenters. The van der Waals surface area contributed by atoms with Gasteiger partial charge in [-0.15, -0.1) is 0 Å². The molecule has 4 heterocycles. The highest BCUT2D eigenvalue weighted by Gasteiger charge is 2.44. The zero-order valence-corrected chi connectivity index (χ0v) is 20.3. The molecule has 1 saturated heterocycles. The molecule has 1 aromatic carbocycles. The van der Waals surface area contributed by atoms with Crippen molar-refractivity contribution >= 4 is 29.3 Å². The number of benzene rings is 1. The van der Waals surface area contributed by atoms with Gasteiger partial charge >= 0.3 is 0 Å². The summed E-state index contributed by atoms with van der Waals surface area (Å²) in [6.45, 7) is 2.71. The van der Waals surface area contributed by atoms with Gasteiger partial charge < -0.3 is 5.32 Å². The van der Waals surface area contributed by atoms with Gasteiger partial charge in [-0.05, 0) is 62.4 Å². The SMILES string of the molecule is Cc1cccc(-c2cnn(C3CC(CNc4ccc5c(c4)C(=O)N(C4CCC(=O)NC4=O)C5=O)C3)c2)n1. The van der Waals surface area contributed by atoms with E-state index in [1.54, 1.807) is 18.2 Å². The predicted octanol–water partition coefficient (Wildman–Crippen LogP) is 2.72. The molecule has 3 aromatic rings. The number of hydrogen-bond donors (Lipinski definition) is 2. The van der Waals surface area contributed by atoms with Crippen LogP contribution < -0.4 is 10.6 Å². The number of piperidine rings is 1. The molecule has 0 spiro atoms. The Bertz CT molecular complexity index is 1440. The molecule has 0 radical (unpaired) electrons. The van der Waals surface area contributed by atoms with E-state index < -0.39 is 23.8 Å². The van der Waals surface area contributed by atoms with E-state index in [0.717, 1.165) is 46.9 Å². The Hall–Kier alpha value is -4.34. The van der Waals surface area contributed by atoms with E-state index in [-0.39, 0.29) is 29.9 Å².